The summed E-state index contributed by atoms with van der Waals surface area (Å²) in [6.45, 7) is 0. The Labute approximate surface area is 128 Å². The van der Waals surface area contributed by atoms with Crippen LogP contribution in [0.15, 0.2) is 35.3 Å². The fourth-order valence-corrected chi connectivity index (χ4v) is 4.67. The van der Waals surface area contributed by atoms with Crippen LogP contribution in [0.4, 0.5) is 0 Å². The van der Waals surface area contributed by atoms with Gasteiger partial charge < -0.3 is 20.6 Å². The average Bonchev–Trinajstić information content (AvgIpc) is 2.94. The standard InChI is InChI=1S/C15H20N2O3S/c1-16-10-7-9-11(17-10)13(19)14(20)15(21-9)12(18)8-5-3-2-4-6-8/h2-6,9,11-15,18-20H,7H2,1H3,(H,16,17)/t9-,11+,12+,13-,14+,15?/m1/s1. The number of nitrogens with zero attached hydrogens (tertiary/aromatic N) is 1. The highest BCUT2D eigenvalue weighted by Crippen LogP contribution is 2.43. The van der Waals surface area contributed by atoms with Crippen molar-refractivity contribution in [3.63, 3.8) is 0 Å². The third-order valence-electron chi connectivity index (χ3n) is 4.19. The molecule has 1 aromatic carbocycles. The third kappa shape index (κ3) is 2.68. The van der Waals surface area contributed by atoms with Crippen molar-refractivity contribution in [3.05, 3.63) is 35.9 Å². The Morgan fingerprint density at radius 1 is 1.24 bits per heavy atom. The molecule has 5 nitrogen and oxygen atoms in total. The zero-order chi connectivity index (χ0) is 15.0. The van der Waals surface area contributed by atoms with E-state index in [1.165, 1.54) is 11.8 Å². The molecule has 1 unspecified atom stereocenters. The van der Waals surface area contributed by atoms with E-state index in [4.69, 9.17) is 0 Å². The molecule has 0 aromatic heterocycles. The summed E-state index contributed by atoms with van der Waals surface area (Å²) in [6.07, 6.45) is -2.01. The lowest BCUT2D eigenvalue weighted by molar-refractivity contribution is -0.0230. The van der Waals surface area contributed by atoms with Crippen molar-refractivity contribution in [2.24, 2.45) is 4.99 Å². The van der Waals surface area contributed by atoms with E-state index < -0.39 is 23.6 Å². The molecular formula is C15H20N2O3S. The van der Waals surface area contributed by atoms with Gasteiger partial charge in [0, 0.05) is 18.7 Å². The Kier molecular flexibility index (Phi) is 4.21. The van der Waals surface area contributed by atoms with E-state index >= 15 is 0 Å². The van der Waals surface area contributed by atoms with Gasteiger partial charge in [-0.2, -0.15) is 0 Å². The van der Waals surface area contributed by atoms with Crippen molar-refractivity contribution in [3.8, 4) is 0 Å². The Morgan fingerprint density at radius 3 is 2.62 bits per heavy atom. The lowest BCUT2D eigenvalue weighted by atomic mass is 9.94. The zero-order valence-electron chi connectivity index (χ0n) is 11.8. The fraction of sp³-hybridized carbons (Fsp3) is 0.533. The van der Waals surface area contributed by atoms with Crippen LogP contribution < -0.4 is 5.32 Å². The Bertz CT molecular complexity index is 525. The molecule has 0 saturated carbocycles. The summed E-state index contributed by atoms with van der Waals surface area (Å²) < 4.78 is 0. The smallest absolute Gasteiger partial charge is 0.105 e. The van der Waals surface area contributed by atoms with Gasteiger partial charge in [-0.15, -0.1) is 11.8 Å². The van der Waals surface area contributed by atoms with E-state index in [9.17, 15) is 15.3 Å². The third-order valence-corrected chi connectivity index (χ3v) is 5.84. The predicted molar refractivity (Wildman–Crippen MR) is 83.5 cm³/mol. The first kappa shape index (κ1) is 14.8. The lowest BCUT2D eigenvalue weighted by Gasteiger charge is -2.40. The first-order valence-electron chi connectivity index (χ1n) is 7.11. The SMILES string of the molecule is CNC1=N[C@@H]2[C@@H](O)[C@H](O)C([C@@H](O)c3ccccc3)S[C@@H]2C1. The average molecular weight is 308 g/mol. The molecule has 1 aromatic rings. The van der Waals surface area contributed by atoms with Gasteiger partial charge in [-0.05, 0) is 5.56 Å². The van der Waals surface area contributed by atoms with Crippen LogP contribution in [-0.2, 0) is 0 Å². The van der Waals surface area contributed by atoms with Gasteiger partial charge in [0.2, 0.25) is 0 Å². The van der Waals surface area contributed by atoms with Crippen molar-refractivity contribution in [1.29, 1.82) is 0 Å². The molecular weight excluding hydrogens is 288 g/mol. The molecule has 0 bridgehead atoms. The number of aliphatic hydroxyl groups excluding tert-OH is 3. The van der Waals surface area contributed by atoms with Gasteiger partial charge in [0.1, 0.15) is 6.10 Å². The van der Waals surface area contributed by atoms with Gasteiger partial charge in [0.25, 0.3) is 0 Å². The quantitative estimate of drug-likeness (QED) is 0.632. The largest absolute Gasteiger partial charge is 0.389 e. The van der Waals surface area contributed by atoms with Crippen molar-refractivity contribution in [1.82, 2.24) is 5.32 Å². The Balaban J connectivity index is 1.80. The summed E-state index contributed by atoms with van der Waals surface area (Å²) in [7, 11) is 1.81. The summed E-state index contributed by atoms with van der Waals surface area (Å²) in [4.78, 5) is 4.42. The maximum Gasteiger partial charge on any atom is 0.105 e. The van der Waals surface area contributed by atoms with Crippen LogP contribution in [0.2, 0.25) is 0 Å². The molecule has 6 atom stereocenters. The van der Waals surface area contributed by atoms with E-state index in [2.05, 4.69) is 10.3 Å². The topological polar surface area (TPSA) is 85.1 Å². The first-order valence-corrected chi connectivity index (χ1v) is 8.05. The van der Waals surface area contributed by atoms with E-state index in [1.54, 1.807) is 7.05 Å². The molecule has 1 saturated heterocycles. The van der Waals surface area contributed by atoms with Gasteiger partial charge in [0.05, 0.1) is 29.3 Å². The normalized spacial score (nSPS) is 36.8. The second-order valence-electron chi connectivity index (χ2n) is 5.50. The van der Waals surface area contributed by atoms with E-state index in [-0.39, 0.29) is 11.3 Å². The van der Waals surface area contributed by atoms with Gasteiger partial charge in [-0.1, -0.05) is 30.3 Å². The second kappa shape index (κ2) is 5.96. The van der Waals surface area contributed by atoms with E-state index in [0.29, 0.717) is 0 Å². The maximum absolute atomic E-state index is 10.5. The number of rotatable bonds is 2. The molecule has 2 heterocycles. The summed E-state index contributed by atoms with van der Waals surface area (Å²) in [6, 6.07) is 8.97. The van der Waals surface area contributed by atoms with Crippen LogP contribution in [-0.4, -0.2) is 57.0 Å². The number of aliphatic imine (C=N–C) groups is 1. The molecule has 0 spiro atoms. The number of aliphatic hydroxyl groups is 3. The summed E-state index contributed by atoms with van der Waals surface area (Å²) in [5.41, 5.74) is 0.757. The summed E-state index contributed by atoms with van der Waals surface area (Å²) >= 11 is 1.52. The van der Waals surface area contributed by atoms with E-state index in [1.807, 2.05) is 30.3 Å². The van der Waals surface area contributed by atoms with Crippen LogP contribution >= 0.6 is 11.8 Å². The minimum Gasteiger partial charge on any atom is -0.389 e. The molecule has 21 heavy (non-hydrogen) atoms. The minimum atomic E-state index is -0.994. The number of thioether (sulfide) groups is 1. The monoisotopic (exact) mass is 308 g/mol. The molecule has 0 amide bonds. The van der Waals surface area contributed by atoms with E-state index in [0.717, 1.165) is 17.8 Å². The number of hydrogen-bond donors (Lipinski definition) is 4. The van der Waals surface area contributed by atoms with Crippen LogP contribution in [0.1, 0.15) is 18.1 Å². The molecule has 6 heteroatoms. The first-order chi connectivity index (χ1) is 10.1. The molecule has 2 aliphatic rings. The second-order valence-corrected chi connectivity index (χ2v) is 6.92. The Morgan fingerprint density at radius 2 is 1.95 bits per heavy atom. The van der Waals surface area contributed by atoms with Gasteiger partial charge >= 0.3 is 0 Å². The van der Waals surface area contributed by atoms with Gasteiger partial charge in [-0.3, -0.25) is 4.99 Å². The summed E-state index contributed by atoms with van der Waals surface area (Å²) in [5.74, 6) is 0.846. The van der Waals surface area contributed by atoms with Crippen molar-refractivity contribution in [2.45, 2.75) is 41.3 Å². The molecule has 4 N–H and O–H groups in total. The molecule has 3 rings (SSSR count). The fourth-order valence-electron chi connectivity index (χ4n) is 3.00. The minimum absolute atomic E-state index is 0.0919. The van der Waals surface area contributed by atoms with Gasteiger partial charge in [0.15, 0.2) is 0 Å². The molecule has 2 aliphatic heterocycles. The Hall–Kier alpha value is -1.08. The number of benzene rings is 1. The number of hydrogen-bond acceptors (Lipinski definition) is 6. The molecule has 114 valence electrons. The molecule has 1 fully saturated rings. The lowest BCUT2D eigenvalue weighted by Crippen LogP contribution is -2.52. The highest BCUT2D eigenvalue weighted by Gasteiger charge is 2.49. The number of amidine groups is 1. The number of fused-ring (bicyclic) bond motifs is 1. The molecule has 0 radical (unpaired) electrons. The van der Waals surface area contributed by atoms with Crippen LogP contribution in [0.3, 0.4) is 0 Å². The highest BCUT2D eigenvalue weighted by molar-refractivity contribution is 8.00. The van der Waals surface area contributed by atoms with Crippen molar-refractivity contribution >= 4 is 17.6 Å². The predicted octanol–water partition coefficient (Wildman–Crippen LogP) is 0.316. The summed E-state index contributed by atoms with van der Waals surface area (Å²) in [5, 5.41) is 33.9. The van der Waals surface area contributed by atoms with Crippen LogP contribution in [0.25, 0.3) is 0 Å². The highest BCUT2D eigenvalue weighted by atomic mass is 32.2. The maximum atomic E-state index is 10.5. The van der Waals surface area contributed by atoms with Gasteiger partial charge in [-0.25, -0.2) is 0 Å². The van der Waals surface area contributed by atoms with Crippen LogP contribution in [0.5, 0.6) is 0 Å². The number of nitrogens with one attached hydrogen (secondary N) is 1. The molecule has 0 aliphatic carbocycles. The van der Waals surface area contributed by atoms with Crippen LogP contribution in [0, 0.1) is 0 Å². The van der Waals surface area contributed by atoms with Crippen molar-refractivity contribution < 1.29 is 15.3 Å². The van der Waals surface area contributed by atoms with Crippen molar-refractivity contribution in [2.75, 3.05) is 7.05 Å². The zero-order valence-corrected chi connectivity index (χ0v) is 12.6.